The highest BCUT2D eigenvalue weighted by Crippen LogP contribution is 2.57. The lowest BCUT2D eigenvalue weighted by Crippen LogP contribution is -2.57. The van der Waals surface area contributed by atoms with Crippen LogP contribution in [-0.4, -0.2) is 22.7 Å². The van der Waals surface area contributed by atoms with E-state index in [1.54, 1.807) is 0 Å². The fourth-order valence-electron chi connectivity index (χ4n) is 7.34. The van der Waals surface area contributed by atoms with E-state index in [9.17, 15) is 0 Å². The minimum atomic E-state index is 0.164. The smallest absolute Gasteiger partial charge is 0.0907 e. The van der Waals surface area contributed by atoms with E-state index in [0.717, 1.165) is 24.3 Å². The molecule has 0 amide bonds. The van der Waals surface area contributed by atoms with E-state index in [1.807, 2.05) is 0 Å². The molecule has 0 atom stereocenters. The molecule has 4 aliphatic rings. The predicted octanol–water partition coefficient (Wildman–Crippen LogP) is 8.69. The molecule has 4 bridgehead atoms. The molecule has 4 aliphatic carbocycles. The first-order valence-corrected chi connectivity index (χ1v) is 13.9. The normalized spacial score (nSPS) is 30.5. The number of nitrogens with zero attached hydrogens (tertiary/aromatic N) is 1. The van der Waals surface area contributed by atoms with Gasteiger partial charge in [0, 0.05) is 12.1 Å². The van der Waals surface area contributed by atoms with E-state index in [4.69, 9.17) is 4.84 Å². The topological polar surface area (TPSA) is 12.5 Å². The van der Waals surface area contributed by atoms with Gasteiger partial charge in [0.25, 0.3) is 0 Å². The van der Waals surface area contributed by atoms with E-state index < -0.39 is 0 Å². The molecule has 2 nitrogen and oxygen atoms in total. The van der Waals surface area contributed by atoms with Crippen molar-refractivity contribution in [3.05, 3.63) is 0 Å². The molecule has 4 fully saturated rings. The van der Waals surface area contributed by atoms with Crippen LogP contribution in [0.15, 0.2) is 0 Å². The fourth-order valence-corrected chi connectivity index (χ4v) is 7.34. The molecule has 0 aromatic rings. The van der Waals surface area contributed by atoms with Crippen molar-refractivity contribution in [1.82, 2.24) is 5.06 Å². The highest BCUT2D eigenvalue weighted by atomic mass is 16.7. The number of hydrogen-bond acceptors (Lipinski definition) is 2. The van der Waals surface area contributed by atoms with Gasteiger partial charge in [-0.3, -0.25) is 4.84 Å². The number of hydroxylamine groups is 2. The molecule has 0 heterocycles. The minimum Gasteiger partial charge on any atom is -0.292 e. The molecule has 4 rings (SSSR count). The van der Waals surface area contributed by atoms with Crippen molar-refractivity contribution in [3.63, 3.8) is 0 Å². The van der Waals surface area contributed by atoms with Crippen LogP contribution in [0.25, 0.3) is 0 Å². The van der Waals surface area contributed by atoms with Crippen LogP contribution in [-0.2, 0) is 4.84 Å². The maximum Gasteiger partial charge on any atom is 0.0907 e. The van der Waals surface area contributed by atoms with Crippen molar-refractivity contribution in [2.24, 2.45) is 17.8 Å². The first-order valence-electron chi connectivity index (χ1n) is 13.9. The maximum absolute atomic E-state index is 6.95. The van der Waals surface area contributed by atoms with Gasteiger partial charge in [0.05, 0.1) is 5.60 Å². The fraction of sp³-hybridized carbons (Fsp3) is 1.00. The van der Waals surface area contributed by atoms with E-state index in [2.05, 4.69) is 32.8 Å². The van der Waals surface area contributed by atoms with Crippen molar-refractivity contribution in [3.8, 4) is 0 Å². The molecule has 176 valence electrons. The Labute approximate surface area is 188 Å². The lowest BCUT2D eigenvalue weighted by molar-refractivity contribution is -0.320. The van der Waals surface area contributed by atoms with Gasteiger partial charge in [-0.05, 0) is 76.5 Å². The molecule has 0 saturated heterocycles. The Kier molecular flexibility index (Phi) is 9.57. The lowest BCUT2D eigenvalue weighted by Gasteiger charge is -2.58. The Balaban J connectivity index is 1.31. The Morgan fingerprint density at radius 3 is 1.57 bits per heavy atom. The zero-order valence-corrected chi connectivity index (χ0v) is 21.0. The molecular weight excluding hydrogens is 366 g/mol. The van der Waals surface area contributed by atoms with Crippen LogP contribution >= 0.6 is 0 Å². The van der Waals surface area contributed by atoms with Crippen molar-refractivity contribution in [2.45, 2.75) is 154 Å². The molecule has 0 aliphatic heterocycles. The third-order valence-corrected chi connectivity index (χ3v) is 8.64. The van der Waals surface area contributed by atoms with Gasteiger partial charge in [0.15, 0.2) is 0 Å². The van der Waals surface area contributed by atoms with E-state index >= 15 is 0 Å². The zero-order chi connectivity index (χ0) is 21.5. The molecule has 0 aromatic heterocycles. The average molecular weight is 420 g/mol. The van der Waals surface area contributed by atoms with Crippen molar-refractivity contribution in [2.75, 3.05) is 6.54 Å². The van der Waals surface area contributed by atoms with E-state index in [1.165, 1.54) is 116 Å². The number of unbranched alkanes of at least 4 members (excludes halogenated alkanes) is 10. The molecule has 0 aromatic carbocycles. The van der Waals surface area contributed by atoms with Gasteiger partial charge >= 0.3 is 0 Å². The molecule has 0 spiro atoms. The summed E-state index contributed by atoms with van der Waals surface area (Å²) in [5.74, 6) is 2.89. The van der Waals surface area contributed by atoms with Crippen LogP contribution in [0, 0.1) is 17.8 Å². The van der Waals surface area contributed by atoms with Crippen LogP contribution in [0.5, 0.6) is 0 Å². The van der Waals surface area contributed by atoms with Crippen LogP contribution in [0.4, 0.5) is 0 Å². The lowest BCUT2D eigenvalue weighted by atomic mass is 9.54. The third kappa shape index (κ3) is 6.96. The maximum atomic E-state index is 6.95. The van der Waals surface area contributed by atoms with Gasteiger partial charge in [-0.25, -0.2) is 0 Å². The van der Waals surface area contributed by atoms with Gasteiger partial charge in [-0.2, -0.15) is 5.06 Å². The summed E-state index contributed by atoms with van der Waals surface area (Å²) in [6, 6.07) is 0. The van der Waals surface area contributed by atoms with Crippen molar-refractivity contribution in [1.29, 1.82) is 0 Å². The standard InChI is InChI=1S/C28H53NO/c1-5-7-8-9-10-11-12-13-14-15-16-17-27(3,4)29(6-2)30-28-21-24-18-25(22-28)20-26(19-24)23-28/h24-26H,5-23H2,1-4H3. The molecule has 0 N–H and O–H groups in total. The van der Waals surface area contributed by atoms with E-state index in [0.29, 0.717) is 0 Å². The van der Waals surface area contributed by atoms with E-state index in [-0.39, 0.29) is 11.1 Å². The Hall–Kier alpha value is -0.0800. The van der Waals surface area contributed by atoms with Gasteiger partial charge in [0.1, 0.15) is 0 Å². The monoisotopic (exact) mass is 419 g/mol. The average Bonchev–Trinajstić information content (AvgIpc) is 2.69. The largest absolute Gasteiger partial charge is 0.292 e. The second-order valence-corrected chi connectivity index (χ2v) is 12.0. The van der Waals surface area contributed by atoms with Crippen molar-refractivity contribution < 1.29 is 4.84 Å². The summed E-state index contributed by atoms with van der Waals surface area (Å²) in [6.07, 6.45) is 25.4. The first kappa shape index (κ1) is 24.6. The predicted molar refractivity (Wildman–Crippen MR) is 130 cm³/mol. The molecule has 4 saturated carbocycles. The quantitative estimate of drug-likeness (QED) is 0.183. The number of hydrogen-bond donors (Lipinski definition) is 0. The van der Waals surface area contributed by atoms with Gasteiger partial charge in [-0.15, -0.1) is 0 Å². The molecule has 30 heavy (non-hydrogen) atoms. The summed E-state index contributed by atoms with van der Waals surface area (Å²) >= 11 is 0. The minimum absolute atomic E-state index is 0.164. The van der Waals surface area contributed by atoms with Gasteiger partial charge in [-0.1, -0.05) is 84.5 Å². The van der Waals surface area contributed by atoms with Crippen molar-refractivity contribution >= 4 is 0 Å². The summed E-state index contributed by atoms with van der Waals surface area (Å²) in [7, 11) is 0. The van der Waals surface area contributed by atoms with Gasteiger partial charge in [0.2, 0.25) is 0 Å². The van der Waals surface area contributed by atoms with Gasteiger partial charge < -0.3 is 0 Å². The highest BCUT2D eigenvalue weighted by Gasteiger charge is 2.53. The Morgan fingerprint density at radius 1 is 0.700 bits per heavy atom. The van der Waals surface area contributed by atoms with Crippen LogP contribution in [0.1, 0.15) is 143 Å². The molecular formula is C28H53NO. The third-order valence-electron chi connectivity index (χ3n) is 8.64. The summed E-state index contributed by atoms with van der Waals surface area (Å²) in [4.78, 5) is 6.95. The Bertz CT molecular complexity index is 450. The van der Waals surface area contributed by atoms with Crippen LogP contribution in [0.2, 0.25) is 0 Å². The second kappa shape index (κ2) is 11.7. The van der Waals surface area contributed by atoms with Crippen LogP contribution < -0.4 is 0 Å². The molecule has 0 unspecified atom stereocenters. The molecule has 2 heteroatoms. The summed E-state index contributed by atoms with van der Waals surface area (Å²) in [6.45, 7) is 10.5. The number of rotatable bonds is 16. The summed E-state index contributed by atoms with van der Waals surface area (Å²) < 4.78 is 0. The highest BCUT2D eigenvalue weighted by molar-refractivity contribution is 5.03. The molecule has 0 radical (unpaired) electrons. The second-order valence-electron chi connectivity index (χ2n) is 12.0. The SMILES string of the molecule is CCCCCCCCCCCCCC(C)(C)N(CC)OC12CC3CC(CC(C3)C1)C2. The zero-order valence-electron chi connectivity index (χ0n) is 21.0. The summed E-state index contributed by atoms with van der Waals surface area (Å²) in [5, 5.41) is 2.40. The first-order chi connectivity index (χ1) is 14.5. The summed E-state index contributed by atoms with van der Waals surface area (Å²) in [5.41, 5.74) is 0.358. The van der Waals surface area contributed by atoms with Crippen LogP contribution in [0.3, 0.4) is 0 Å². The Morgan fingerprint density at radius 2 is 1.13 bits per heavy atom.